The number of carbonyl (C=O) groups is 1. The second kappa shape index (κ2) is 9.37. The molecule has 2 aromatic heterocycles. The molecule has 0 bridgehead atoms. The number of hydrogen-bond acceptors (Lipinski definition) is 5. The number of carbonyl (C=O) groups excluding carboxylic acids is 1. The van der Waals surface area contributed by atoms with Gasteiger partial charge in [-0.05, 0) is 44.5 Å². The minimum Gasteiger partial charge on any atom is -0.485 e. The molecule has 36 heavy (non-hydrogen) atoms. The second-order valence-corrected chi connectivity index (χ2v) is 9.37. The lowest BCUT2D eigenvalue weighted by Gasteiger charge is -2.44. The van der Waals surface area contributed by atoms with E-state index in [0.717, 1.165) is 5.56 Å². The average Bonchev–Trinajstić information content (AvgIpc) is 3.22. The van der Waals surface area contributed by atoms with Crippen molar-refractivity contribution in [2.75, 3.05) is 13.2 Å². The molecule has 0 aliphatic carbocycles. The van der Waals surface area contributed by atoms with Crippen LogP contribution in [-0.2, 0) is 21.6 Å². The van der Waals surface area contributed by atoms with Crippen LogP contribution in [-0.4, -0.2) is 34.3 Å². The Morgan fingerprint density at radius 2 is 1.75 bits per heavy atom. The predicted octanol–water partition coefficient (Wildman–Crippen LogP) is 4.77. The molecule has 5 rings (SSSR count). The summed E-state index contributed by atoms with van der Waals surface area (Å²) >= 11 is 0. The van der Waals surface area contributed by atoms with Crippen molar-refractivity contribution in [1.29, 1.82) is 0 Å². The fraction of sp³-hybridized carbons (Fsp3) is 0.286. The number of aryl methyl sites for hydroxylation is 1. The molecule has 0 saturated carbocycles. The van der Waals surface area contributed by atoms with Gasteiger partial charge in [0.25, 0.3) is 5.91 Å². The molecular formula is C28H28FN3O4. The van der Waals surface area contributed by atoms with E-state index in [1.165, 1.54) is 6.07 Å². The molecule has 0 radical (unpaired) electrons. The molecule has 1 N–H and O–H groups in total. The van der Waals surface area contributed by atoms with Crippen LogP contribution in [0.2, 0.25) is 0 Å². The van der Waals surface area contributed by atoms with E-state index in [1.807, 2.05) is 44.2 Å². The minimum absolute atomic E-state index is 0.0430. The Balaban J connectivity index is 1.45. The van der Waals surface area contributed by atoms with Crippen molar-refractivity contribution in [2.45, 2.75) is 38.7 Å². The maximum Gasteiger partial charge on any atom is 0.271 e. The quantitative estimate of drug-likeness (QED) is 0.422. The number of pyridine rings is 1. The van der Waals surface area contributed by atoms with Crippen LogP contribution >= 0.6 is 0 Å². The molecular weight excluding hydrogens is 461 g/mol. The van der Waals surface area contributed by atoms with E-state index in [2.05, 4.69) is 10.3 Å². The van der Waals surface area contributed by atoms with Crippen LogP contribution in [0.1, 0.15) is 41.2 Å². The molecule has 1 amide bonds. The van der Waals surface area contributed by atoms with Crippen molar-refractivity contribution in [3.8, 4) is 5.75 Å². The summed E-state index contributed by atoms with van der Waals surface area (Å²) in [6, 6.07) is 19.6. The Morgan fingerprint density at radius 3 is 2.47 bits per heavy atom. The number of aromatic nitrogens is 2. The van der Waals surface area contributed by atoms with Gasteiger partial charge in [0.1, 0.15) is 23.7 Å². The highest BCUT2D eigenvalue weighted by Crippen LogP contribution is 2.32. The Morgan fingerprint density at radius 1 is 1.06 bits per heavy atom. The molecule has 1 saturated heterocycles. The van der Waals surface area contributed by atoms with Crippen molar-refractivity contribution in [3.05, 3.63) is 101 Å². The van der Waals surface area contributed by atoms with Crippen molar-refractivity contribution in [2.24, 2.45) is 0 Å². The Labute approximate surface area is 208 Å². The monoisotopic (exact) mass is 489 g/mol. The fourth-order valence-corrected chi connectivity index (χ4v) is 4.34. The predicted molar refractivity (Wildman–Crippen MR) is 132 cm³/mol. The highest BCUT2D eigenvalue weighted by Gasteiger charge is 2.43. The summed E-state index contributed by atoms with van der Waals surface area (Å²) in [5, 5.41) is 3.17. The first-order valence-electron chi connectivity index (χ1n) is 11.8. The number of fused-ring (bicyclic) bond motifs is 1. The molecule has 0 spiro atoms. The zero-order valence-electron chi connectivity index (χ0n) is 20.5. The summed E-state index contributed by atoms with van der Waals surface area (Å²) in [4.78, 5) is 18.3. The molecule has 0 atom stereocenters. The van der Waals surface area contributed by atoms with Gasteiger partial charge in [0.2, 0.25) is 0 Å². The van der Waals surface area contributed by atoms with E-state index in [-0.39, 0.29) is 31.5 Å². The van der Waals surface area contributed by atoms with E-state index in [4.69, 9.17) is 14.2 Å². The van der Waals surface area contributed by atoms with E-state index < -0.39 is 11.3 Å². The highest BCUT2D eigenvalue weighted by molar-refractivity contribution is 5.95. The van der Waals surface area contributed by atoms with Gasteiger partial charge >= 0.3 is 0 Å². The second-order valence-electron chi connectivity index (χ2n) is 9.37. The Kier molecular flexibility index (Phi) is 6.24. The van der Waals surface area contributed by atoms with Gasteiger partial charge in [0.05, 0.1) is 18.9 Å². The zero-order valence-corrected chi connectivity index (χ0v) is 20.5. The van der Waals surface area contributed by atoms with Crippen LogP contribution in [0.15, 0.2) is 72.9 Å². The number of nitrogens with zero attached hydrogens (tertiary/aromatic N) is 2. The third kappa shape index (κ3) is 4.57. The van der Waals surface area contributed by atoms with Crippen LogP contribution in [0.5, 0.6) is 5.75 Å². The molecule has 3 heterocycles. The lowest BCUT2D eigenvalue weighted by atomic mass is 9.90. The standard InChI is InChI=1S/C28H28FN3O4/c1-19-24(26(33)31-28(21-11-5-4-6-12-21)17-35-27(2,3)36-18-28)32-15-9-14-23(25(32)30-19)34-16-20-10-7-8-13-22(20)29/h4-15H,16-18H2,1-3H3,(H,31,33). The summed E-state index contributed by atoms with van der Waals surface area (Å²) in [5.41, 5.74) is 1.84. The van der Waals surface area contributed by atoms with Gasteiger partial charge in [-0.2, -0.15) is 0 Å². The average molecular weight is 490 g/mol. The van der Waals surface area contributed by atoms with Gasteiger partial charge in [-0.25, -0.2) is 9.37 Å². The summed E-state index contributed by atoms with van der Waals surface area (Å²) in [7, 11) is 0. The van der Waals surface area contributed by atoms with Crippen LogP contribution in [0.4, 0.5) is 4.39 Å². The van der Waals surface area contributed by atoms with Crippen molar-refractivity contribution in [1.82, 2.24) is 14.7 Å². The lowest BCUT2D eigenvalue weighted by molar-refractivity contribution is -0.272. The van der Waals surface area contributed by atoms with Crippen molar-refractivity contribution < 1.29 is 23.4 Å². The smallest absolute Gasteiger partial charge is 0.271 e. The molecule has 1 aliphatic rings. The van der Waals surface area contributed by atoms with Gasteiger partial charge in [-0.1, -0.05) is 48.5 Å². The van der Waals surface area contributed by atoms with Crippen LogP contribution in [0.3, 0.4) is 0 Å². The molecule has 0 unspecified atom stereocenters. The maximum atomic E-state index is 14.1. The largest absolute Gasteiger partial charge is 0.485 e. The maximum absolute atomic E-state index is 14.1. The van der Waals surface area contributed by atoms with Crippen molar-refractivity contribution >= 4 is 11.6 Å². The van der Waals surface area contributed by atoms with Crippen LogP contribution in [0.25, 0.3) is 5.65 Å². The molecule has 7 nitrogen and oxygen atoms in total. The molecule has 8 heteroatoms. The van der Waals surface area contributed by atoms with Crippen molar-refractivity contribution in [3.63, 3.8) is 0 Å². The molecule has 1 fully saturated rings. The van der Waals surface area contributed by atoms with Gasteiger partial charge < -0.3 is 19.5 Å². The van der Waals surface area contributed by atoms with Gasteiger partial charge in [0, 0.05) is 11.8 Å². The number of halogens is 1. The molecule has 4 aromatic rings. The number of ether oxygens (including phenoxy) is 3. The normalized spacial score (nSPS) is 16.6. The fourth-order valence-electron chi connectivity index (χ4n) is 4.34. The first-order valence-corrected chi connectivity index (χ1v) is 11.8. The zero-order chi connectivity index (χ0) is 25.3. The molecule has 186 valence electrons. The number of hydrogen-bond donors (Lipinski definition) is 1. The van der Waals surface area contributed by atoms with E-state index in [1.54, 1.807) is 47.9 Å². The third-order valence-corrected chi connectivity index (χ3v) is 6.36. The minimum atomic E-state index is -0.872. The lowest BCUT2D eigenvalue weighted by Crippen LogP contribution is -2.58. The first-order chi connectivity index (χ1) is 17.3. The van der Waals surface area contributed by atoms with Crippen LogP contribution < -0.4 is 10.1 Å². The Hall–Kier alpha value is -3.75. The number of benzene rings is 2. The number of nitrogens with one attached hydrogen (secondary N) is 1. The van der Waals surface area contributed by atoms with Gasteiger partial charge in [-0.3, -0.25) is 9.20 Å². The van der Waals surface area contributed by atoms with Gasteiger partial charge in [0.15, 0.2) is 17.2 Å². The molecule has 1 aliphatic heterocycles. The van der Waals surface area contributed by atoms with E-state index in [0.29, 0.717) is 28.3 Å². The Bertz CT molecular complexity index is 1390. The number of imidazole rings is 1. The third-order valence-electron chi connectivity index (χ3n) is 6.36. The van der Waals surface area contributed by atoms with E-state index in [9.17, 15) is 9.18 Å². The summed E-state index contributed by atoms with van der Waals surface area (Å²) in [6.07, 6.45) is 1.76. The van der Waals surface area contributed by atoms with Crippen LogP contribution in [0, 0.1) is 12.7 Å². The highest BCUT2D eigenvalue weighted by atomic mass is 19.1. The number of rotatable bonds is 6. The summed E-state index contributed by atoms with van der Waals surface area (Å²) in [6.45, 7) is 6.02. The van der Waals surface area contributed by atoms with E-state index >= 15 is 0 Å². The summed E-state index contributed by atoms with van der Waals surface area (Å²) in [5.74, 6) is -0.948. The SMILES string of the molecule is Cc1nc2c(OCc3ccccc3F)cccn2c1C(=O)NC1(c2ccccc2)COC(C)(C)OC1. The van der Waals surface area contributed by atoms with Gasteiger partial charge in [-0.15, -0.1) is 0 Å². The molecule has 2 aromatic carbocycles. The summed E-state index contributed by atoms with van der Waals surface area (Å²) < 4.78 is 33.6. The first kappa shape index (κ1) is 24.0. The topological polar surface area (TPSA) is 74.1 Å². The number of amides is 1.